The van der Waals surface area contributed by atoms with Gasteiger partial charge in [-0.25, -0.2) is 0 Å². The van der Waals surface area contributed by atoms with Gasteiger partial charge in [0.2, 0.25) is 0 Å². The highest BCUT2D eigenvalue weighted by molar-refractivity contribution is 7.20. The number of ether oxygens (including phenoxy) is 4. The van der Waals surface area contributed by atoms with Crippen LogP contribution in [0.15, 0.2) is 12.1 Å². The zero-order valence-electron chi connectivity index (χ0n) is 28.2. The van der Waals surface area contributed by atoms with Gasteiger partial charge in [-0.3, -0.25) is 4.79 Å². The zero-order chi connectivity index (χ0) is 32.6. The Morgan fingerprint density at radius 2 is 1.63 bits per heavy atom. The minimum absolute atomic E-state index is 0.0200. The highest BCUT2D eigenvalue weighted by Crippen LogP contribution is 2.46. The second-order valence-corrected chi connectivity index (χ2v) is 14.8. The summed E-state index contributed by atoms with van der Waals surface area (Å²) in [5, 5.41) is 24.2. The average molecular weight is 619 g/mol. The Hall–Kier alpha value is -1.02. The Bertz CT molecular complexity index is 1090. The average Bonchev–Trinajstić information content (AvgIpc) is 2.89. The summed E-state index contributed by atoms with van der Waals surface area (Å²) in [4.78, 5) is 13.8. The Balaban J connectivity index is 2.16. The first-order chi connectivity index (χ1) is 19.8. The third-order valence-corrected chi connectivity index (χ3v) is 10.8. The van der Waals surface area contributed by atoms with E-state index in [0.717, 1.165) is 22.3 Å². The van der Waals surface area contributed by atoms with Crippen molar-refractivity contribution < 1.29 is 34.0 Å². The van der Waals surface area contributed by atoms with Crippen LogP contribution in [0.1, 0.15) is 96.8 Å². The van der Waals surface area contributed by atoms with Crippen molar-refractivity contribution in [2.24, 2.45) is 35.5 Å². The predicted molar refractivity (Wildman–Crippen MR) is 174 cm³/mol. The fourth-order valence-corrected chi connectivity index (χ4v) is 7.99. The maximum atomic E-state index is 13.8. The summed E-state index contributed by atoms with van der Waals surface area (Å²) in [6.45, 7) is 22.0. The zero-order valence-corrected chi connectivity index (χ0v) is 29.4. The molecule has 2 radical (unpaired) electrons. The molecule has 2 aliphatic rings. The standard InChI is InChI=1S/C34H56BO7P/c1-12-26-34(11,38)24(9)21(6)25(16-39-32(35)43)20(5)15-33(10,37)29-22(7)28(23(8)30(36)40-26)41-31(42-29)27-18(3)13-17(2)14-19(27)4/h13-14,20-26,28-29,31-32,37-38H,12,15-16,43H2,1-11H3. The molecule has 0 aliphatic carbocycles. The molecule has 1 aromatic carbocycles. The van der Waals surface area contributed by atoms with E-state index in [1.54, 1.807) is 6.92 Å². The van der Waals surface area contributed by atoms with E-state index in [4.69, 9.17) is 26.8 Å². The van der Waals surface area contributed by atoms with Crippen molar-refractivity contribution in [3.63, 3.8) is 0 Å². The Labute approximate surface area is 263 Å². The lowest BCUT2D eigenvalue weighted by atomic mass is 9.67. The van der Waals surface area contributed by atoms with Crippen LogP contribution in [-0.4, -0.2) is 65.9 Å². The number of carbonyl (C=O) groups is 1. The molecule has 14 unspecified atom stereocenters. The number of aryl methyl sites for hydroxylation is 3. The first-order valence-electron chi connectivity index (χ1n) is 16.0. The molecular formula is C34H56BO7P. The van der Waals surface area contributed by atoms with Crippen LogP contribution in [0.2, 0.25) is 0 Å². The summed E-state index contributed by atoms with van der Waals surface area (Å²) in [5.74, 6) is -2.34. The summed E-state index contributed by atoms with van der Waals surface area (Å²) in [6, 6.07) is 4.19. The first kappa shape index (κ1) is 36.5. The molecule has 2 fully saturated rings. The van der Waals surface area contributed by atoms with Gasteiger partial charge in [0.05, 0.1) is 23.7 Å². The third kappa shape index (κ3) is 7.87. The monoisotopic (exact) mass is 618 g/mol. The van der Waals surface area contributed by atoms with Gasteiger partial charge in [-0.15, -0.1) is 9.24 Å². The third-order valence-electron chi connectivity index (χ3n) is 10.6. The van der Waals surface area contributed by atoms with Gasteiger partial charge in [-0.05, 0) is 89.2 Å². The van der Waals surface area contributed by atoms with E-state index in [1.165, 1.54) is 0 Å². The molecule has 7 nitrogen and oxygen atoms in total. The Kier molecular flexibility index (Phi) is 12.0. The smallest absolute Gasteiger partial charge is 0.311 e. The van der Waals surface area contributed by atoms with Crippen LogP contribution in [-0.2, 0) is 23.7 Å². The number of esters is 1. The SMILES string of the molecule is [B]C(P)OCC1C(C)CC(C)(O)C2OC(c3c(C)cc(C)cc3C)OC(C(C)C(=O)OC(CC)C(C)(O)C(C)C1C)C2C. The quantitative estimate of drug-likeness (QED) is 0.246. The van der Waals surface area contributed by atoms with Crippen LogP contribution in [0.25, 0.3) is 0 Å². The lowest BCUT2D eigenvalue weighted by Gasteiger charge is -2.50. The topological polar surface area (TPSA) is 94.5 Å². The number of fused-ring (bicyclic) bond motifs is 2. The number of aliphatic hydroxyl groups is 2. The molecule has 9 heteroatoms. The number of carbonyl (C=O) groups excluding carboxylic acids is 1. The van der Waals surface area contributed by atoms with Gasteiger partial charge in [0.1, 0.15) is 19.6 Å². The molecule has 0 spiro atoms. The van der Waals surface area contributed by atoms with Crippen LogP contribution >= 0.6 is 9.24 Å². The predicted octanol–water partition coefficient (Wildman–Crippen LogP) is 5.76. The number of cyclic esters (lactones) is 1. The van der Waals surface area contributed by atoms with Crippen LogP contribution < -0.4 is 0 Å². The maximum absolute atomic E-state index is 13.8. The first-order valence-corrected chi connectivity index (χ1v) is 16.7. The molecular weight excluding hydrogens is 562 g/mol. The lowest BCUT2D eigenvalue weighted by molar-refractivity contribution is -0.313. The maximum Gasteiger partial charge on any atom is 0.311 e. The Morgan fingerprint density at radius 3 is 2.16 bits per heavy atom. The van der Waals surface area contributed by atoms with Gasteiger partial charge in [0, 0.05) is 23.8 Å². The molecule has 2 saturated heterocycles. The summed E-state index contributed by atoms with van der Waals surface area (Å²) >= 11 is 0. The van der Waals surface area contributed by atoms with Gasteiger partial charge in [0.15, 0.2) is 6.29 Å². The van der Waals surface area contributed by atoms with Crippen molar-refractivity contribution >= 4 is 23.1 Å². The van der Waals surface area contributed by atoms with E-state index in [2.05, 4.69) is 42.1 Å². The van der Waals surface area contributed by atoms with Crippen LogP contribution in [0, 0.1) is 56.3 Å². The van der Waals surface area contributed by atoms with Crippen molar-refractivity contribution in [1.82, 2.24) is 0 Å². The number of benzene rings is 1. The van der Waals surface area contributed by atoms with E-state index in [1.807, 2.05) is 48.5 Å². The van der Waals surface area contributed by atoms with Crippen LogP contribution in [0.5, 0.6) is 0 Å². The number of hydrogen-bond donors (Lipinski definition) is 2. The normalized spacial score (nSPS) is 42.1. The second kappa shape index (κ2) is 14.2. The molecule has 2 aliphatic heterocycles. The molecule has 2 heterocycles. The van der Waals surface area contributed by atoms with Crippen molar-refractivity contribution in [2.45, 2.75) is 131 Å². The highest BCUT2D eigenvalue weighted by atomic mass is 31.0. The molecule has 242 valence electrons. The molecule has 43 heavy (non-hydrogen) atoms. The van der Waals surface area contributed by atoms with E-state index in [9.17, 15) is 15.0 Å². The molecule has 0 aromatic heterocycles. The van der Waals surface area contributed by atoms with Gasteiger partial charge in [-0.2, -0.15) is 0 Å². The van der Waals surface area contributed by atoms with Crippen molar-refractivity contribution in [1.29, 1.82) is 0 Å². The summed E-state index contributed by atoms with van der Waals surface area (Å²) in [5.41, 5.74) is 1.54. The van der Waals surface area contributed by atoms with Crippen LogP contribution in [0.4, 0.5) is 0 Å². The Morgan fingerprint density at radius 1 is 1.05 bits per heavy atom. The molecule has 14 atom stereocenters. The van der Waals surface area contributed by atoms with Gasteiger partial charge in [0.25, 0.3) is 0 Å². The van der Waals surface area contributed by atoms with Gasteiger partial charge >= 0.3 is 5.97 Å². The molecule has 2 N–H and O–H groups in total. The minimum Gasteiger partial charge on any atom is -0.459 e. The molecule has 0 amide bonds. The molecule has 1 aromatic rings. The van der Waals surface area contributed by atoms with Crippen LogP contribution in [0.3, 0.4) is 0 Å². The highest BCUT2D eigenvalue weighted by Gasteiger charge is 2.52. The van der Waals surface area contributed by atoms with E-state index in [-0.39, 0.29) is 29.6 Å². The molecule has 2 bridgehead atoms. The lowest BCUT2D eigenvalue weighted by Crippen LogP contribution is -2.58. The molecule has 0 saturated carbocycles. The summed E-state index contributed by atoms with van der Waals surface area (Å²) in [7, 11) is 8.43. The number of hydrogen-bond acceptors (Lipinski definition) is 7. The fourth-order valence-electron chi connectivity index (χ4n) is 7.88. The van der Waals surface area contributed by atoms with E-state index >= 15 is 0 Å². The summed E-state index contributed by atoms with van der Waals surface area (Å²) in [6.07, 6.45) is -1.82. The van der Waals surface area contributed by atoms with E-state index < -0.39 is 53.4 Å². The largest absolute Gasteiger partial charge is 0.459 e. The van der Waals surface area contributed by atoms with Gasteiger partial charge < -0.3 is 29.2 Å². The number of rotatable bonds is 5. The van der Waals surface area contributed by atoms with Gasteiger partial charge in [-0.1, -0.05) is 52.3 Å². The van der Waals surface area contributed by atoms with E-state index in [0.29, 0.717) is 19.4 Å². The summed E-state index contributed by atoms with van der Waals surface area (Å²) < 4.78 is 25.4. The van der Waals surface area contributed by atoms with Crippen molar-refractivity contribution in [3.8, 4) is 0 Å². The molecule has 3 rings (SSSR count). The van der Waals surface area contributed by atoms with Crippen molar-refractivity contribution in [3.05, 3.63) is 34.4 Å². The fraction of sp³-hybridized carbons (Fsp3) is 0.794. The van der Waals surface area contributed by atoms with Crippen molar-refractivity contribution in [2.75, 3.05) is 6.61 Å². The minimum atomic E-state index is -1.30. The second-order valence-electron chi connectivity index (χ2n) is 14.2.